The second-order valence-corrected chi connectivity index (χ2v) is 10.2. The number of aromatic nitrogens is 5. The Morgan fingerprint density at radius 1 is 1.05 bits per heavy atom. The topological polar surface area (TPSA) is 132 Å². The number of carbonyl (C=O) groups excluding carboxylic acids is 1. The van der Waals surface area contributed by atoms with E-state index in [1.165, 1.54) is 11.8 Å². The molecule has 0 radical (unpaired) electrons. The van der Waals surface area contributed by atoms with Gasteiger partial charge in [0.2, 0.25) is 0 Å². The third-order valence-corrected chi connectivity index (χ3v) is 6.92. The summed E-state index contributed by atoms with van der Waals surface area (Å²) in [4.78, 5) is 24.8. The molecule has 5 aromatic rings. The lowest BCUT2D eigenvalue weighted by atomic mass is 9.97. The SMILES string of the molecule is CCNCc1cncc(-c2ccc3[nH]nc(-c4ncc(C(=O)NCc5ccc(C(C)(C)O)cc5)[nH]4)c3c2)c1C. The molecular formula is C30H33N7O2. The number of aromatic amines is 2. The number of H-pyrrole nitrogens is 2. The molecule has 0 atom stereocenters. The molecule has 0 unspecified atom stereocenters. The second-order valence-electron chi connectivity index (χ2n) is 10.2. The van der Waals surface area contributed by atoms with Crippen LogP contribution >= 0.6 is 0 Å². The highest BCUT2D eigenvalue weighted by Crippen LogP contribution is 2.31. The highest BCUT2D eigenvalue weighted by Gasteiger charge is 2.18. The highest BCUT2D eigenvalue weighted by molar-refractivity contribution is 5.96. The number of aliphatic hydroxyl groups is 1. The van der Waals surface area contributed by atoms with Crippen LogP contribution < -0.4 is 10.6 Å². The zero-order chi connectivity index (χ0) is 27.6. The number of imidazole rings is 1. The van der Waals surface area contributed by atoms with E-state index in [1.807, 2.05) is 42.7 Å². The van der Waals surface area contributed by atoms with Crippen molar-refractivity contribution in [2.75, 3.05) is 6.54 Å². The largest absolute Gasteiger partial charge is 0.386 e. The second kappa shape index (κ2) is 10.8. The summed E-state index contributed by atoms with van der Waals surface area (Å²) in [6, 6.07) is 13.6. The predicted molar refractivity (Wildman–Crippen MR) is 152 cm³/mol. The molecular weight excluding hydrogens is 490 g/mol. The number of hydrogen-bond acceptors (Lipinski definition) is 6. The van der Waals surface area contributed by atoms with Gasteiger partial charge in [-0.15, -0.1) is 0 Å². The van der Waals surface area contributed by atoms with Crippen molar-refractivity contribution in [3.8, 4) is 22.6 Å². The van der Waals surface area contributed by atoms with Crippen LogP contribution in [-0.2, 0) is 18.7 Å². The lowest BCUT2D eigenvalue weighted by Gasteiger charge is -2.17. The van der Waals surface area contributed by atoms with Gasteiger partial charge in [-0.05, 0) is 67.3 Å². The average molecular weight is 524 g/mol. The number of pyridine rings is 1. The smallest absolute Gasteiger partial charge is 0.269 e. The summed E-state index contributed by atoms with van der Waals surface area (Å²) < 4.78 is 0. The molecule has 0 spiro atoms. The summed E-state index contributed by atoms with van der Waals surface area (Å²) in [6.45, 7) is 9.70. The van der Waals surface area contributed by atoms with Crippen molar-refractivity contribution >= 4 is 16.8 Å². The van der Waals surface area contributed by atoms with Crippen molar-refractivity contribution in [2.24, 2.45) is 0 Å². The van der Waals surface area contributed by atoms with Crippen LogP contribution in [0.3, 0.4) is 0 Å². The maximum absolute atomic E-state index is 12.8. The van der Waals surface area contributed by atoms with Gasteiger partial charge in [0.25, 0.3) is 5.91 Å². The van der Waals surface area contributed by atoms with Crippen LogP contribution in [0.2, 0.25) is 0 Å². The Hall–Kier alpha value is -4.34. The molecule has 2 aromatic carbocycles. The van der Waals surface area contributed by atoms with Gasteiger partial charge in [0.05, 0.1) is 17.3 Å². The van der Waals surface area contributed by atoms with Gasteiger partial charge in [0.1, 0.15) is 11.4 Å². The zero-order valence-electron chi connectivity index (χ0n) is 22.6. The Morgan fingerprint density at radius 2 is 1.85 bits per heavy atom. The minimum absolute atomic E-state index is 0.264. The van der Waals surface area contributed by atoms with Crippen LogP contribution in [0, 0.1) is 6.92 Å². The number of carbonyl (C=O) groups is 1. The lowest BCUT2D eigenvalue weighted by molar-refractivity contribution is 0.0785. The number of rotatable bonds is 9. The monoisotopic (exact) mass is 523 g/mol. The van der Waals surface area contributed by atoms with Crippen LogP contribution in [0.15, 0.2) is 61.1 Å². The van der Waals surface area contributed by atoms with E-state index in [2.05, 4.69) is 61.8 Å². The number of hydrogen-bond donors (Lipinski definition) is 5. The third kappa shape index (κ3) is 5.59. The molecule has 3 heterocycles. The maximum atomic E-state index is 12.8. The van der Waals surface area contributed by atoms with Crippen LogP contribution in [0.25, 0.3) is 33.5 Å². The minimum atomic E-state index is -0.906. The van der Waals surface area contributed by atoms with Crippen molar-refractivity contribution in [2.45, 2.75) is 46.4 Å². The Labute approximate surface area is 227 Å². The van der Waals surface area contributed by atoms with Crippen LogP contribution in [0.4, 0.5) is 0 Å². The molecule has 39 heavy (non-hydrogen) atoms. The van der Waals surface area contributed by atoms with Crippen molar-refractivity contribution < 1.29 is 9.90 Å². The first kappa shape index (κ1) is 26.3. The van der Waals surface area contributed by atoms with Crippen LogP contribution in [0.1, 0.15) is 53.5 Å². The molecule has 9 heteroatoms. The fourth-order valence-corrected chi connectivity index (χ4v) is 4.52. The molecule has 0 aliphatic rings. The van der Waals surface area contributed by atoms with E-state index in [-0.39, 0.29) is 5.91 Å². The number of nitrogens with zero attached hydrogens (tertiary/aromatic N) is 3. The van der Waals surface area contributed by atoms with Gasteiger partial charge in [0.15, 0.2) is 5.82 Å². The molecule has 0 bridgehead atoms. The van der Waals surface area contributed by atoms with E-state index >= 15 is 0 Å². The van der Waals surface area contributed by atoms with E-state index in [0.717, 1.165) is 51.8 Å². The predicted octanol–water partition coefficient (Wildman–Crippen LogP) is 4.59. The van der Waals surface area contributed by atoms with Gasteiger partial charge < -0.3 is 20.7 Å². The van der Waals surface area contributed by atoms with Crippen LogP contribution in [-0.4, -0.2) is 42.7 Å². The standard InChI is InChI=1S/C30H33N7O2/c1-5-31-14-21-15-32-16-24(18(21)2)20-8-11-25-23(12-20)27(37-36-25)28-33-17-26(35-28)29(38)34-13-19-6-9-22(10-7-19)30(3,4)39/h6-12,15-17,31,39H,5,13-14H2,1-4H3,(H,33,35)(H,34,38)(H,36,37). The molecule has 0 aliphatic heterocycles. The summed E-state index contributed by atoms with van der Waals surface area (Å²) in [6.07, 6.45) is 5.31. The van der Waals surface area contributed by atoms with Crippen molar-refractivity contribution in [1.29, 1.82) is 0 Å². The first-order valence-electron chi connectivity index (χ1n) is 13.0. The normalized spacial score (nSPS) is 11.7. The Morgan fingerprint density at radius 3 is 2.59 bits per heavy atom. The van der Waals surface area contributed by atoms with Gasteiger partial charge in [0, 0.05) is 36.4 Å². The Bertz CT molecular complexity index is 1610. The number of nitrogens with one attached hydrogen (secondary N) is 4. The number of amides is 1. The van der Waals surface area contributed by atoms with Crippen molar-refractivity contribution in [1.82, 2.24) is 35.8 Å². The van der Waals surface area contributed by atoms with Crippen LogP contribution in [0.5, 0.6) is 0 Å². The molecule has 5 N–H and O–H groups in total. The summed E-state index contributed by atoms with van der Waals surface area (Å²) in [7, 11) is 0. The average Bonchev–Trinajstić information content (AvgIpc) is 3.58. The first-order chi connectivity index (χ1) is 18.7. The zero-order valence-corrected chi connectivity index (χ0v) is 22.6. The fraction of sp³-hybridized carbons (Fsp3) is 0.267. The molecule has 3 aromatic heterocycles. The van der Waals surface area contributed by atoms with E-state index in [0.29, 0.717) is 23.8 Å². The summed E-state index contributed by atoms with van der Waals surface area (Å²) in [5, 5.41) is 24.8. The molecule has 9 nitrogen and oxygen atoms in total. The van der Waals surface area contributed by atoms with E-state index in [1.54, 1.807) is 13.8 Å². The molecule has 0 saturated carbocycles. The van der Waals surface area contributed by atoms with Crippen molar-refractivity contribution in [3.05, 3.63) is 89.0 Å². The summed E-state index contributed by atoms with van der Waals surface area (Å²) >= 11 is 0. The van der Waals surface area contributed by atoms with Gasteiger partial charge in [-0.2, -0.15) is 5.10 Å². The lowest BCUT2D eigenvalue weighted by Crippen LogP contribution is -2.23. The highest BCUT2D eigenvalue weighted by atomic mass is 16.3. The van der Waals surface area contributed by atoms with Crippen molar-refractivity contribution in [3.63, 3.8) is 0 Å². The van der Waals surface area contributed by atoms with Gasteiger partial charge in [-0.3, -0.25) is 14.9 Å². The van der Waals surface area contributed by atoms with Gasteiger partial charge in [-0.1, -0.05) is 37.3 Å². The molecule has 0 aliphatic carbocycles. The molecule has 0 fully saturated rings. The first-order valence-corrected chi connectivity index (χ1v) is 13.0. The molecule has 200 valence electrons. The summed E-state index contributed by atoms with van der Waals surface area (Å²) in [5.41, 5.74) is 7.15. The number of benzene rings is 2. The van der Waals surface area contributed by atoms with Gasteiger partial charge >= 0.3 is 0 Å². The molecule has 5 rings (SSSR count). The fourth-order valence-electron chi connectivity index (χ4n) is 4.52. The maximum Gasteiger partial charge on any atom is 0.269 e. The minimum Gasteiger partial charge on any atom is -0.386 e. The Kier molecular flexibility index (Phi) is 7.28. The molecule has 0 saturated heterocycles. The summed E-state index contributed by atoms with van der Waals surface area (Å²) in [5.74, 6) is 0.244. The van der Waals surface area contributed by atoms with E-state index < -0.39 is 5.60 Å². The third-order valence-electron chi connectivity index (χ3n) is 6.92. The van der Waals surface area contributed by atoms with Gasteiger partial charge in [-0.25, -0.2) is 4.98 Å². The molecule has 1 amide bonds. The van der Waals surface area contributed by atoms with E-state index in [9.17, 15) is 9.90 Å². The van der Waals surface area contributed by atoms with E-state index in [4.69, 9.17) is 0 Å². The quantitative estimate of drug-likeness (QED) is 0.192. The Balaban J connectivity index is 1.35. The number of fused-ring (bicyclic) bond motifs is 1.